The number of nitrogens with two attached hydrogens (primary N) is 1. The lowest BCUT2D eigenvalue weighted by Crippen LogP contribution is -2.13. The zero-order valence-corrected chi connectivity index (χ0v) is 20.8. The quantitative estimate of drug-likeness (QED) is 0.233. The van der Waals surface area contributed by atoms with Crippen LogP contribution in [0.25, 0.3) is 66.0 Å². The fourth-order valence-corrected chi connectivity index (χ4v) is 5.53. The van der Waals surface area contributed by atoms with Crippen molar-refractivity contribution in [2.75, 3.05) is 5.73 Å². The second kappa shape index (κ2) is 8.79. The van der Waals surface area contributed by atoms with Crippen molar-refractivity contribution in [3.8, 4) is 44.2 Å². The minimum absolute atomic E-state index is 0.298. The van der Waals surface area contributed by atoms with Crippen LogP contribution in [0.15, 0.2) is 101 Å². The van der Waals surface area contributed by atoms with Crippen LogP contribution < -0.4 is 11.3 Å². The first kappa shape index (κ1) is 22.1. The number of aromatic nitrogens is 5. The molecule has 7 nitrogen and oxygen atoms in total. The smallest absolute Gasteiger partial charge is 0.261 e. The molecule has 0 bridgehead atoms. The summed E-state index contributed by atoms with van der Waals surface area (Å²) in [6, 6.07) is 26.0. The van der Waals surface area contributed by atoms with Gasteiger partial charge in [-0.1, -0.05) is 66.7 Å². The van der Waals surface area contributed by atoms with E-state index in [1.54, 1.807) is 12.4 Å². The number of hydrogen-bond donors (Lipinski definition) is 3. The molecule has 38 heavy (non-hydrogen) atoms. The van der Waals surface area contributed by atoms with E-state index in [0.29, 0.717) is 22.4 Å². The number of benzene rings is 4. The number of nitrogens with one attached hydrogen (secondary N) is 2. The van der Waals surface area contributed by atoms with Gasteiger partial charge in [0.25, 0.3) is 5.56 Å². The van der Waals surface area contributed by atoms with E-state index >= 15 is 0 Å². The monoisotopic (exact) mass is 512 g/mol. The van der Waals surface area contributed by atoms with Crippen LogP contribution in [0.3, 0.4) is 0 Å². The highest BCUT2D eigenvalue weighted by molar-refractivity contribution is 7.13. The van der Waals surface area contributed by atoms with Gasteiger partial charge in [0.1, 0.15) is 10.8 Å². The van der Waals surface area contributed by atoms with Crippen LogP contribution in [-0.2, 0) is 0 Å². The zero-order chi connectivity index (χ0) is 25.6. The number of anilines is 1. The number of H-pyrrole nitrogens is 2. The van der Waals surface area contributed by atoms with Crippen LogP contribution >= 0.6 is 11.3 Å². The highest BCUT2D eigenvalue weighted by atomic mass is 32.1. The summed E-state index contributed by atoms with van der Waals surface area (Å²) in [7, 11) is 0. The Bertz CT molecular complexity index is 1990. The lowest BCUT2D eigenvalue weighted by molar-refractivity contribution is 1.12. The van der Waals surface area contributed by atoms with Crippen molar-refractivity contribution < 1.29 is 0 Å². The molecule has 0 radical (unpaired) electrons. The van der Waals surface area contributed by atoms with Gasteiger partial charge in [0, 0.05) is 33.7 Å². The van der Waals surface area contributed by atoms with Crippen LogP contribution in [0.2, 0.25) is 0 Å². The van der Waals surface area contributed by atoms with Crippen molar-refractivity contribution in [3.05, 3.63) is 107 Å². The predicted molar refractivity (Wildman–Crippen MR) is 154 cm³/mol. The molecule has 7 rings (SSSR count). The first-order valence-electron chi connectivity index (χ1n) is 12.0. The van der Waals surface area contributed by atoms with Gasteiger partial charge in [-0.2, -0.15) is 5.10 Å². The third-order valence-electron chi connectivity index (χ3n) is 6.73. The molecule has 0 aliphatic carbocycles. The molecular formula is C30H20N6OS. The summed E-state index contributed by atoms with van der Waals surface area (Å²) < 4.78 is 0. The number of hydrogen-bond acceptors (Lipinski definition) is 6. The van der Waals surface area contributed by atoms with Gasteiger partial charge in [-0.3, -0.25) is 9.89 Å². The van der Waals surface area contributed by atoms with E-state index in [-0.39, 0.29) is 5.56 Å². The van der Waals surface area contributed by atoms with Crippen molar-refractivity contribution >= 4 is 38.8 Å². The molecule has 3 heterocycles. The third kappa shape index (κ3) is 3.58. The van der Waals surface area contributed by atoms with Gasteiger partial charge >= 0.3 is 0 Å². The molecule has 7 aromatic rings. The Labute approximate surface area is 220 Å². The summed E-state index contributed by atoms with van der Waals surface area (Å²) in [4.78, 5) is 26.0. The third-order valence-corrected chi connectivity index (χ3v) is 7.53. The Morgan fingerprint density at radius 3 is 2.39 bits per heavy atom. The van der Waals surface area contributed by atoms with E-state index < -0.39 is 0 Å². The number of rotatable bonds is 4. The van der Waals surface area contributed by atoms with Crippen molar-refractivity contribution in [2.24, 2.45) is 0 Å². The number of aromatic amines is 2. The highest BCUT2D eigenvalue weighted by Gasteiger charge is 2.20. The van der Waals surface area contributed by atoms with E-state index in [0.717, 1.165) is 49.3 Å². The standard InChI is InChI=1S/C30H20N6OS/c31-26-21(20-7-4-8-24-23(20)16-33-36-24)15-22(30-32-13-14-38-30)27-25(26)29(37)35-28(34-27)19-11-9-18(10-12-19)17-5-2-1-3-6-17/h1-16H,31H2,(H,33,36)(H,34,35,37). The summed E-state index contributed by atoms with van der Waals surface area (Å²) >= 11 is 1.49. The molecule has 0 atom stereocenters. The lowest BCUT2D eigenvalue weighted by atomic mass is 9.95. The molecule has 0 saturated carbocycles. The summed E-state index contributed by atoms with van der Waals surface area (Å²) in [6.45, 7) is 0. The SMILES string of the molecule is Nc1c(-c2cccc3[nH]ncc23)cc(-c2nccs2)c2nc(-c3ccc(-c4ccccc4)cc3)[nH]c(=O)c12. The number of nitrogen functional groups attached to an aromatic ring is 1. The zero-order valence-electron chi connectivity index (χ0n) is 20.0. The summed E-state index contributed by atoms with van der Waals surface area (Å²) in [5.41, 5.74) is 13.6. The molecule has 0 spiro atoms. The number of thiazole rings is 1. The predicted octanol–water partition coefficient (Wildman–Crippen LogP) is 6.51. The van der Waals surface area contributed by atoms with Gasteiger partial charge in [0.15, 0.2) is 0 Å². The van der Waals surface area contributed by atoms with Crippen LogP contribution in [-0.4, -0.2) is 25.1 Å². The fourth-order valence-electron chi connectivity index (χ4n) is 4.88. The van der Waals surface area contributed by atoms with Crippen molar-refractivity contribution in [1.82, 2.24) is 25.1 Å². The van der Waals surface area contributed by atoms with Crippen molar-refractivity contribution in [2.45, 2.75) is 0 Å². The van der Waals surface area contributed by atoms with E-state index in [2.05, 4.69) is 32.3 Å². The van der Waals surface area contributed by atoms with E-state index in [9.17, 15) is 4.79 Å². The lowest BCUT2D eigenvalue weighted by Gasteiger charge is -2.14. The molecule has 0 aliphatic heterocycles. The molecule has 8 heteroatoms. The Morgan fingerprint density at radius 2 is 1.61 bits per heavy atom. The highest BCUT2D eigenvalue weighted by Crippen LogP contribution is 2.40. The fraction of sp³-hybridized carbons (Fsp3) is 0. The van der Waals surface area contributed by atoms with Gasteiger partial charge in [-0.05, 0) is 28.8 Å². The molecule has 0 aliphatic rings. The molecule has 4 N–H and O–H groups in total. The second-order valence-electron chi connectivity index (χ2n) is 8.94. The topological polar surface area (TPSA) is 113 Å². The average molecular weight is 513 g/mol. The Hall–Kier alpha value is -5.08. The maximum absolute atomic E-state index is 13.6. The Kier molecular flexibility index (Phi) is 5.12. The maximum atomic E-state index is 13.6. The van der Waals surface area contributed by atoms with Crippen LogP contribution in [0, 0.1) is 0 Å². The van der Waals surface area contributed by atoms with Crippen LogP contribution in [0.1, 0.15) is 0 Å². The number of fused-ring (bicyclic) bond motifs is 2. The first-order valence-corrected chi connectivity index (χ1v) is 12.9. The Balaban J connectivity index is 1.45. The van der Waals surface area contributed by atoms with Gasteiger partial charge in [-0.25, -0.2) is 9.97 Å². The summed E-state index contributed by atoms with van der Waals surface area (Å²) in [5, 5.41) is 11.1. The van der Waals surface area contributed by atoms with Gasteiger partial charge in [0.2, 0.25) is 0 Å². The average Bonchev–Trinajstić information content (AvgIpc) is 3.66. The van der Waals surface area contributed by atoms with Crippen molar-refractivity contribution in [1.29, 1.82) is 0 Å². The summed E-state index contributed by atoms with van der Waals surface area (Å²) in [6.07, 6.45) is 3.51. The maximum Gasteiger partial charge on any atom is 0.261 e. The molecule has 0 fully saturated rings. The van der Waals surface area contributed by atoms with Crippen LogP contribution in [0.5, 0.6) is 0 Å². The molecule has 3 aromatic heterocycles. The largest absolute Gasteiger partial charge is 0.398 e. The van der Waals surface area contributed by atoms with Gasteiger partial charge in [-0.15, -0.1) is 11.3 Å². The van der Waals surface area contributed by atoms with E-state index in [1.807, 2.05) is 72.1 Å². The van der Waals surface area contributed by atoms with Gasteiger partial charge in [0.05, 0.1) is 28.3 Å². The van der Waals surface area contributed by atoms with Crippen molar-refractivity contribution in [3.63, 3.8) is 0 Å². The van der Waals surface area contributed by atoms with E-state index in [4.69, 9.17) is 10.7 Å². The molecule has 4 aromatic carbocycles. The molecule has 0 amide bonds. The molecule has 182 valence electrons. The first-order chi connectivity index (χ1) is 18.7. The van der Waals surface area contributed by atoms with Gasteiger partial charge < -0.3 is 10.7 Å². The molecule has 0 unspecified atom stereocenters. The van der Waals surface area contributed by atoms with Crippen LogP contribution in [0.4, 0.5) is 5.69 Å². The minimum atomic E-state index is -0.298. The Morgan fingerprint density at radius 1 is 0.816 bits per heavy atom. The normalized spacial score (nSPS) is 11.4. The second-order valence-corrected chi connectivity index (χ2v) is 9.84. The molecule has 0 saturated heterocycles. The van der Waals surface area contributed by atoms with E-state index in [1.165, 1.54) is 11.3 Å². The molecular weight excluding hydrogens is 492 g/mol. The minimum Gasteiger partial charge on any atom is -0.398 e. The summed E-state index contributed by atoms with van der Waals surface area (Å²) in [5.74, 6) is 0.476. The number of nitrogens with zero attached hydrogens (tertiary/aromatic N) is 3.